The van der Waals surface area contributed by atoms with Crippen LogP contribution >= 0.6 is 0 Å². The van der Waals surface area contributed by atoms with E-state index in [1.165, 1.54) is 23.5 Å². The second-order valence-electron chi connectivity index (χ2n) is 4.94. The zero-order chi connectivity index (χ0) is 17.0. The fourth-order valence-corrected chi connectivity index (χ4v) is 3.03. The van der Waals surface area contributed by atoms with Gasteiger partial charge in [0.15, 0.2) is 0 Å². The molecule has 7 heteroatoms. The monoisotopic (exact) mass is 335 g/mol. The van der Waals surface area contributed by atoms with Crippen LogP contribution < -0.4 is 9.04 Å². The molecule has 0 saturated heterocycles. The third-order valence-corrected chi connectivity index (χ3v) is 4.41. The first kappa shape index (κ1) is 16.8. The minimum Gasteiger partial charge on any atom is -0.495 e. The summed E-state index contributed by atoms with van der Waals surface area (Å²) in [6.07, 6.45) is 1.12. The van der Waals surface area contributed by atoms with Crippen LogP contribution in [0.1, 0.15) is 15.9 Å². The van der Waals surface area contributed by atoms with E-state index in [1.807, 2.05) is 0 Å². The van der Waals surface area contributed by atoms with Crippen LogP contribution in [0.3, 0.4) is 0 Å². The molecule has 0 radical (unpaired) electrons. The van der Waals surface area contributed by atoms with Gasteiger partial charge in [-0.15, -0.1) is 0 Å². The van der Waals surface area contributed by atoms with E-state index in [2.05, 4.69) is 0 Å². The summed E-state index contributed by atoms with van der Waals surface area (Å²) < 4.78 is 30.8. The standard InChI is InChI=1S/C16H17NO5S/c1-22-15-6-4-3-5-14(15)17(23(2,20)21)11-12-7-9-13(10-8-12)16(18)19/h3-10H,11H2,1-2H3,(H,18,19). The molecule has 0 aromatic heterocycles. The summed E-state index contributed by atoms with van der Waals surface area (Å²) in [5, 5.41) is 8.91. The molecule has 0 saturated carbocycles. The van der Waals surface area contributed by atoms with Crippen molar-refractivity contribution in [2.45, 2.75) is 6.54 Å². The number of nitrogens with zero attached hydrogens (tertiary/aromatic N) is 1. The lowest BCUT2D eigenvalue weighted by Gasteiger charge is -2.24. The number of anilines is 1. The summed E-state index contributed by atoms with van der Waals surface area (Å²) in [4.78, 5) is 10.9. The van der Waals surface area contributed by atoms with Crippen LogP contribution in [-0.2, 0) is 16.6 Å². The number of methoxy groups -OCH3 is 1. The molecule has 6 nitrogen and oxygen atoms in total. The first-order chi connectivity index (χ1) is 10.8. The van der Waals surface area contributed by atoms with E-state index in [4.69, 9.17) is 9.84 Å². The maximum absolute atomic E-state index is 12.2. The number of rotatable bonds is 6. The van der Waals surface area contributed by atoms with Crippen LogP contribution in [0, 0.1) is 0 Å². The van der Waals surface area contributed by atoms with Gasteiger partial charge in [-0.2, -0.15) is 0 Å². The van der Waals surface area contributed by atoms with Crippen molar-refractivity contribution in [1.82, 2.24) is 0 Å². The average Bonchev–Trinajstić information content (AvgIpc) is 2.52. The van der Waals surface area contributed by atoms with Gasteiger partial charge in [0, 0.05) is 0 Å². The minimum atomic E-state index is -3.54. The third kappa shape index (κ3) is 4.01. The molecule has 0 aliphatic carbocycles. The molecule has 2 rings (SSSR count). The van der Waals surface area contributed by atoms with E-state index < -0.39 is 16.0 Å². The van der Waals surface area contributed by atoms with Gasteiger partial charge < -0.3 is 9.84 Å². The molecule has 2 aromatic carbocycles. The molecule has 0 fully saturated rings. The van der Waals surface area contributed by atoms with Crippen LogP contribution in [0.5, 0.6) is 5.75 Å². The zero-order valence-electron chi connectivity index (χ0n) is 12.8. The number of hydrogen-bond donors (Lipinski definition) is 1. The van der Waals surface area contributed by atoms with Crippen molar-refractivity contribution in [3.63, 3.8) is 0 Å². The lowest BCUT2D eigenvalue weighted by atomic mass is 10.1. The maximum atomic E-state index is 12.2. The normalized spacial score (nSPS) is 11.0. The molecule has 0 heterocycles. The second-order valence-corrected chi connectivity index (χ2v) is 6.85. The van der Waals surface area contributed by atoms with E-state index in [-0.39, 0.29) is 12.1 Å². The average molecular weight is 335 g/mol. The Morgan fingerprint density at radius 2 is 1.74 bits per heavy atom. The lowest BCUT2D eigenvalue weighted by Crippen LogP contribution is -2.29. The molecule has 0 aliphatic rings. The van der Waals surface area contributed by atoms with Crippen molar-refractivity contribution in [2.24, 2.45) is 0 Å². The van der Waals surface area contributed by atoms with Gasteiger partial charge in [-0.05, 0) is 29.8 Å². The molecular weight excluding hydrogens is 318 g/mol. The van der Waals surface area contributed by atoms with Crippen LogP contribution in [0.2, 0.25) is 0 Å². The Bertz CT molecular complexity index is 799. The lowest BCUT2D eigenvalue weighted by molar-refractivity contribution is 0.0697. The van der Waals surface area contributed by atoms with E-state index in [0.29, 0.717) is 17.0 Å². The summed E-state index contributed by atoms with van der Waals surface area (Å²) in [7, 11) is -2.07. The van der Waals surface area contributed by atoms with Gasteiger partial charge >= 0.3 is 5.97 Å². The zero-order valence-corrected chi connectivity index (χ0v) is 13.6. The first-order valence-corrected chi connectivity index (χ1v) is 8.60. The maximum Gasteiger partial charge on any atom is 0.335 e. The minimum absolute atomic E-state index is 0.0824. The SMILES string of the molecule is COc1ccccc1N(Cc1ccc(C(=O)O)cc1)S(C)(=O)=O. The number of carboxylic acid groups (broad SMARTS) is 1. The Morgan fingerprint density at radius 1 is 1.13 bits per heavy atom. The third-order valence-electron chi connectivity index (χ3n) is 3.28. The van der Waals surface area contributed by atoms with Crippen LogP contribution in [0.4, 0.5) is 5.69 Å². The van der Waals surface area contributed by atoms with Crippen LogP contribution in [0.25, 0.3) is 0 Å². The number of carboxylic acids is 1. The van der Waals surface area contributed by atoms with Gasteiger partial charge in [0.25, 0.3) is 0 Å². The van der Waals surface area contributed by atoms with E-state index >= 15 is 0 Å². The van der Waals surface area contributed by atoms with Crippen LogP contribution in [0.15, 0.2) is 48.5 Å². The smallest absolute Gasteiger partial charge is 0.335 e. The molecule has 0 spiro atoms. The fraction of sp³-hybridized carbons (Fsp3) is 0.188. The summed E-state index contributed by atoms with van der Waals surface area (Å²) in [5.74, 6) is -0.582. The largest absolute Gasteiger partial charge is 0.495 e. The predicted molar refractivity (Wildman–Crippen MR) is 87.4 cm³/mol. The highest BCUT2D eigenvalue weighted by atomic mass is 32.2. The topological polar surface area (TPSA) is 83.9 Å². The Hall–Kier alpha value is -2.54. The predicted octanol–water partition coefficient (Wildman–Crippen LogP) is 2.36. The summed E-state index contributed by atoms with van der Waals surface area (Å²) in [5.41, 5.74) is 1.25. The Kier molecular flexibility index (Phi) is 4.90. The van der Waals surface area contributed by atoms with Crippen molar-refractivity contribution in [2.75, 3.05) is 17.7 Å². The number of hydrogen-bond acceptors (Lipinski definition) is 4. The molecule has 122 valence electrons. The first-order valence-electron chi connectivity index (χ1n) is 6.76. The van der Waals surface area contributed by atoms with E-state index in [0.717, 1.165) is 6.26 Å². The van der Waals surface area contributed by atoms with Crippen LogP contribution in [-0.4, -0.2) is 32.9 Å². The molecule has 0 amide bonds. The summed E-state index contributed by atoms with van der Waals surface area (Å²) >= 11 is 0. The summed E-state index contributed by atoms with van der Waals surface area (Å²) in [6, 6.07) is 12.9. The molecule has 2 aromatic rings. The Labute approximate surface area is 135 Å². The van der Waals surface area contributed by atoms with Gasteiger partial charge in [0.2, 0.25) is 10.0 Å². The number of aromatic carboxylic acids is 1. The van der Waals surface area contributed by atoms with E-state index in [9.17, 15) is 13.2 Å². The van der Waals surface area contributed by atoms with Crippen molar-refractivity contribution in [3.8, 4) is 5.75 Å². The molecular formula is C16H17NO5S. The number of ether oxygens (including phenoxy) is 1. The number of sulfonamides is 1. The quantitative estimate of drug-likeness (QED) is 0.876. The molecule has 0 aliphatic heterocycles. The fourth-order valence-electron chi connectivity index (χ4n) is 2.14. The summed E-state index contributed by atoms with van der Waals surface area (Å²) in [6.45, 7) is 0.0824. The molecule has 0 bridgehead atoms. The van der Waals surface area contributed by atoms with Gasteiger partial charge in [0.05, 0.1) is 31.2 Å². The molecule has 0 atom stereocenters. The van der Waals surface area contributed by atoms with Gasteiger partial charge in [-0.1, -0.05) is 24.3 Å². The highest BCUT2D eigenvalue weighted by molar-refractivity contribution is 7.92. The molecule has 0 unspecified atom stereocenters. The van der Waals surface area contributed by atoms with Gasteiger partial charge in [-0.3, -0.25) is 4.31 Å². The van der Waals surface area contributed by atoms with Crippen molar-refractivity contribution >= 4 is 21.7 Å². The van der Waals surface area contributed by atoms with E-state index in [1.54, 1.807) is 36.4 Å². The van der Waals surface area contributed by atoms with Gasteiger partial charge in [0.1, 0.15) is 5.75 Å². The Balaban J connectivity index is 2.39. The van der Waals surface area contributed by atoms with Gasteiger partial charge in [-0.25, -0.2) is 13.2 Å². The molecule has 23 heavy (non-hydrogen) atoms. The number of carbonyl (C=O) groups is 1. The number of para-hydroxylation sites is 2. The van der Waals surface area contributed by atoms with Crippen molar-refractivity contribution in [3.05, 3.63) is 59.7 Å². The van der Waals surface area contributed by atoms with Crippen molar-refractivity contribution in [1.29, 1.82) is 0 Å². The Morgan fingerprint density at radius 3 is 2.26 bits per heavy atom. The second kappa shape index (κ2) is 6.70. The highest BCUT2D eigenvalue weighted by Crippen LogP contribution is 2.30. The highest BCUT2D eigenvalue weighted by Gasteiger charge is 2.21. The molecule has 1 N–H and O–H groups in total. The number of benzene rings is 2. The van der Waals surface area contributed by atoms with Crippen molar-refractivity contribution < 1.29 is 23.1 Å².